The van der Waals surface area contributed by atoms with Gasteiger partial charge in [-0.3, -0.25) is 4.79 Å². The topological polar surface area (TPSA) is 64.4 Å². The molecule has 3 N–H and O–H groups in total. The Morgan fingerprint density at radius 3 is 2.26 bits per heavy atom. The summed E-state index contributed by atoms with van der Waals surface area (Å²) in [5.74, 6) is 0.170. The van der Waals surface area contributed by atoms with Crippen molar-refractivity contribution in [2.24, 2.45) is 11.1 Å². The van der Waals surface area contributed by atoms with Gasteiger partial charge in [-0.1, -0.05) is 32.1 Å². The number of hydrogen-bond donors (Lipinski definition) is 2. The zero-order chi connectivity index (χ0) is 13.6. The van der Waals surface area contributed by atoms with E-state index in [9.17, 15) is 4.79 Å². The Morgan fingerprint density at radius 1 is 1.11 bits per heavy atom. The van der Waals surface area contributed by atoms with E-state index in [2.05, 4.69) is 5.32 Å². The van der Waals surface area contributed by atoms with Crippen LogP contribution in [0.4, 0.5) is 0 Å². The van der Waals surface area contributed by atoms with E-state index >= 15 is 0 Å². The van der Waals surface area contributed by atoms with Gasteiger partial charge in [-0.25, -0.2) is 0 Å². The summed E-state index contributed by atoms with van der Waals surface area (Å²) in [5, 5.41) is 3.27. The first kappa shape index (κ1) is 14.8. The highest BCUT2D eigenvalue weighted by Crippen LogP contribution is 2.30. The average Bonchev–Trinajstić information content (AvgIpc) is 2.42. The molecule has 1 heterocycles. The number of ether oxygens (including phenoxy) is 1. The van der Waals surface area contributed by atoms with Crippen LogP contribution in [-0.4, -0.2) is 31.7 Å². The molecule has 4 nitrogen and oxygen atoms in total. The highest BCUT2D eigenvalue weighted by atomic mass is 16.5. The maximum absolute atomic E-state index is 12.6. The second-order valence-electron chi connectivity index (χ2n) is 6.11. The number of nitrogens with one attached hydrogen (secondary N) is 1. The first-order valence-corrected chi connectivity index (χ1v) is 7.86. The molecule has 2 rings (SSSR count). The summed E-state index contributed by atoms with van der Waals surface area (Å²) < 4.78 is 5.37. The molecule has 1 saturated heterocycles. The Balaban J connectivity index is 1.90. The van der Waals surface area contributed by atoms with E-state index < -0.39 is 0 Å². The largest absolute Gasteiger partial charge is 0.381 e. The fraction of sp³-hybridized carbons (Fsp3) is 0.933. The summed E-state index contributed by atoms with van der Waals surface area (Å²) in [6.45, 7) is 1.76. The van der Waals surface area contributed by atoms with E-state index in [-0.39, 0.29) is 11.3 Å². The second kappa shape index (κ2) is 7.25. The molecular formula is C15H28N2O2. The van der Waals surface area contributed by atoms with E-state index in [0.29, 0.717) is 25.8 Å². The van der Waals surface area contributed by atoms with E-state index in [1.54, 1.807) is 0 Å². The van der Waals surface area contributed by atoms with Crippen molar-refractivity contribution in [3.63, 3.8) is 0 Å². The van der Waals surface area contributed by atoms with Crippen molar-refractivity contribution in [2.75, 3.05) is 19.8 Å². The van der Waals surface area contributed by atoms with Crippen molar-refractivity contribution >= 4 is 5.91 Å². The number of amides is 1. The first-order chi connectivity index (χ1) is 9.27. The van der Waals surface area contributed by atoms with Gasteiger partial charge >= 0.3 is 0 Å². The zero-order valence-electron chi connectivity index (χ0n) is 12.0. The van der Waals surface area contributed by atoms with Gasteiger partial charge in [-0.2, -0.15) is 0 Å². The number of rotatable bonds is 3. The monoisotopic (exact) mass is 268 g/mol. The van der Waals surface area contributed by atoms with Gasteiger partial charge in [-0.15, -0.1) is 0 Å². The van der Waals surface area contributed by atoms with Crippen LogP contribution in [0.15, 0.2) is 0 Å². The molecule has 0 atom stereocenters. The maximum Gasteiger partial charge on any atom is 0.227 e. The van der Waals surface area contributed by atoms with Crippen LogP contribution in [0.1, 0.15) is 57.8 Å². The molecule has 1 aliphatic carbocycles. The van der Waals surface area contributed by atoms with Crippen LogP contribution in [0.2, 0.25) is 0 Å². The molecule has 4 heteroatoms. The average molecular weight is 268 g/mol. The predicted octanol–water partition coefficient (Wildman–Crippen LogP) is 1.97. The van der Waals surface area contributed by atoms with Crippen LogP contribution in [0.3, 0.4) is 0 Å². The van der Waals surface area contributed by atoms with Crippen molar-refractivity contribution in [3.8, 4) is 0 Å². The smallest absolute Gasteiger partial charge is 0.227 e. The molecule has 2 fully saturated rings. The Hall–Kier alpha value is -0.610. The van der Waals surface area contributed by atoms with Gasteiger partial charge in [0, 0.05) is 25.8 Å². The molecule has 19 heavy (non-hydrogen) atoms. The van der Waals surface area contributed by atoms with E-state index in [1.165, 1.54) is 32.1 Å². The number of nitrogens with two attached hydrogens (primary N) is 1. The summed E-state index contributed by atoms with van der Waals surface area (Å²) in [5.41, 5.74) is 5.51. The molecular weight excluding hydrogens is 240 g/mol. The molecule has 110 valence electrons. The second-order valence-corrected chi connectivity index (χ2v) is 6.11. The Labute approximate surface area is 116 Å². The lowest BCUT2D eigenvalue weighted by molar-refractivity contribution is -0.136. The van der Waals surface area contributed by atoms with Crippen molar-refractivity contribution in [1.82, 2.24) is 5.32 Å². The summed E-state index contributed by atoms with van der Waals surface area (Å²) in [6, 6.07) is 0.360. The quantitative estimate of drug-likeness (QED) is 0.822. The van der Waals surface area contributed by atoms with Gasteiger partial charge in [0.1, 0.15) is 0 Å². The number of hydrogen-bond acceptors (Lipinski definition) is 3. The molecule has 0 aromatic carbocycles. The van der Waals surface area contributed by atoms with Crippen LogP contribution in [0, 0.1) is 5.41 Å². The summed E-state index contributed by atoms with van der Waals surface area (Å²) >= 11 is 0. The SMILES string of the molecule is NCC1(C(=O)NC2CCCCCCC2)CCOCC1. The van der Waals surface area contributed by atoms with E-state index in [1.807, 2.05) is 0 Å². The van der Waals surface area contributed by atoms with Gasteiger partial charge in [0.2, 0.25) is 5.91 Å². The lowest BCUT2D eigenvalue weighted by Gasteiger charge is -2.36. The normalized spacial score (nSPS) is 25.3. The lowest BCUT2D eigenvalue weighted by Crippen LogP contribution is -2.51. The van der Waals surface area contributed by atoms with Crippen LogP contribution >= 0.6 is 0 Å². The maximum atomic E-state index is 12.6. The fourth-order valence-corrected chi connectivity index (χ4v) is 3.22. The molecule has 2 aliphatic rings. The van der Waals surface area contributed by atoms with Crippen LogP contribution in [0.25, 0.3) is 0 Å². The van der Waals surface area contributed by atoms with Crippen LogP contribution < -0.4 is 11.1 Å². The number of carbonyl (C=O) groups excluding carboxylic acids is 1. The van der Waals surface area contributed by atoms with Crippen LogP contribution in [-0.2, 0) is 9.53 Å². The summed E-state index contributed by atoms with van der Waals surface area (Å²) in [6.07, 6.45) is 10.2. The number of carbonyl (C=O) groups is 1. The summed E-state index contributed by atoms with van der Waals surface area (Å²) in [7, 11) is 0. The lowest BCUT2D eigenvalue weighted by atomic mass is 9.79. The molecule has 1 amide bonds. The van der Waals surface area contributed by atoms with Crippen molar-refractivity contribution in [2.45, 2.75) is 63.8 Å². The molecule has 1 saturated carbocycles. The minimum Gasteiger partial charge on any atom is -0.381 e. The Bertz CT molecular complexity index is 280. The fourth-order valence-electron chi connectivity index (χ4n) is 3.22. The molecule has 1 aliphatic heterocycles. The van der Waals surface area contributed by atoms with Crippen LogP contribution in [0.5, 0.6) is 0 Å². The highest BCUT2D eigenvalue weighted by molar-refractivity contribution is 5.83. The first-order valence-electron chi connectivity index (χ1n) is 7.86. The van der Waals surface area contributed by atoms with Gasteiger partial charge < -0.3 is 15.8 Å². The standard InChI is InChI=1S/C15H28N2O2/c16-12-15(8-10-19-11-9-15)14(18)17-13-6-4-2-1-3-5-7-13/h13H,1-12,16H2,(H,17,18). The van der Waals surface area contributed by atoms with Gasteiger partial charge in [0.25, 0.3) is 0 Å². The highest BCUT2D eigenvalue weighted by Gasteiger charge is 2.39. The molecule has 0 aromatic rings. The molecule has 0 unspecified atom stereocenters. The summed E-state index contributed by atoms with van der Waals surface area (Å²) in [4.78, 5) is 12.6. The Kier molecular flexibility index (Phi) is 5.64. The third-order valence-corrected chi connectivity index (χ3v) is 4.76. The Morgan fingerprint density at radius 2 is 1.68 bits per heavy atom. The zero-order valence-corrected chi connectivity index (χ0v) is 12.0. The minimum absolute atomic E-state index is 0.170. The van der Waals surface area contributed by atoms with E-state index in [4.69, 9.17) is 10.5 Å². The van der Waals surface area contributed by atoms with Crippen molar-refractivity contribution in [3.05, 3.63) is 0 Å². The third-order valence-electron chi connectivity index (χ3n) is 4.76. The van der Waals surface area contributed by atoms with Crippen molar-refractivity contribution in [1.29, 1.82) is 0 Å². The molecule has 0 bridgehead atoms. The predicted molar refractivity (Wildman–Crippen MR) is 75.8 cm³/mol. The van der Waals surface area contributed by atoms with Gasteiger partial charge in [0.05, 0.1) is 5.41 Å². The molecule has 0 radical (unpaired) electrons. The molecule has 0 aromatic heterocycles. The minimum atomic E-state index is -0.374. The van der Waals surface area contributed by atoms with E-state index in [0.717, 1.165) is 25.7 Å². The third kappa shape index (κ3) is 3.93. The van der Waals surface area contributed by atoms with Crippen molar-refractivity contribution < 1.29 is 9.53 Å². The van der Waals surface area contributed by atoms with Gasteiger partial charge in [0.15, 0.2) is 0 Å². The molecule has 0 spiro atoms. The van der Waals surface area contributed by atoms with Gasteiger partial charge in [-0.05, 0) is 25.7 Å².